The number of alkyl halides is 2. The molecule has 0 bridgehead atoms. The molecule has 0 saturated heterocycles. The van der Waals surface area contributed by atoms with Gasteiger partial charge in [-0.2, -0.15) is 8.78 Å². The molecule has 3 rings (SSSR count). The highest BCUT2D eigenvalue weighted by Gasteiger charge is 2.34. The first-order chi connectivity index (χ1) is 14.2. The minimum atomic E-state index is -3.21. The van der Waals surface area contributed by atoms with E-state index in [0.29, 0.717) is 15.5 Å². The highest BCUT2D eigenvalue weighted by atomic mass is 35.5. The van der Waals surface area contributed by atoms with Gasteiger partial charge in [0.05, 0.1) is 12.1 Å². The van der Waals surface area contributed by atoms with E-state index in [0.717, 1.165) is 10.5 Å². The largest absolute Gasteiger partial charge is 0.346 e. The number of amides is 1. The number of nitrogens with one attached hydrogen (secondary N) is 1. The van der Waals surface area contributed by atoms with Crippen molar-refractivity contribution in [3.63, 3.8) is 0 Å². The Bertz CT molecular complexity index is 1080. The lowest BCUT2D eigenvalue weighted by Crippen LogP contribution is -2.35. The average molecular weight is 467 g/mol. The Morgan fingerprint density at radius 1 is 1.10 bits per heavy atom. The Labute approximate surface area is 187 Å². The molecule has 156 valence electrons. The van der Waals surface area contributed by atoms with Crippen molar-refractivity contribution in [3.8, 4) is 0 Å². The number of aryl methyl sites for hydroxylation is 2. The molecule has 0 unspecified atom stereocenters. The number of carbonyl (C=O) groups is 1. The number of benzene rings is 2. The third-order valence-electron chi connectivity index (χ3n) is 4.37. The maximum absolute atomic E-state index is 14.7. The van der Waals surface area contributed by atoms with Crippen molar-refractivity contribution < 1.29 is 13.6 Å². The molecule has 0 aliphatic rings. The predicted molar refractivity (Wildman–Crippen MR) is 117 cm³/mol. The van der Waals surface area contributed by atoms with Crippen molar-refractivity contribution in [2.75, 3.05) is 6.54 Å². The summed E-state index contributed by atoms with van der Waals surface area (Å²) in [4.78, 5) is 18.0. The number of hydrogen-bond donors (Lipinski definition) is 1. The fourth-order valence-electron chi connectivity index (χ4n) is 2.91. The number of rotatable bonds is 6. The molecular formula is C22H18Cl2F2N2OS. The summed E-state index contributed by atoms with van der Waals surface area (Å²) in [7, 11) is 0. The number of pyridine rings is 1. The van der Waals surface area contributed by atoms with E-state index in [1.54, 1.807) is 43.3 Å². The molecule has 30 heavy (non-hydrogen) atoms. The second-order valence-corrected chi connectivity index (χ2v) is 8.70. The maximum atomic E-state index is 14.7. The van der Waals surface area contributed by atoms with Crippen LogP contribution in [-0.2, 0) is 5.92 Å². The van der Waals surface area contributed by atoms with Gasteiger partial charge in [0.1, 0.15) is 5.15 Å². The SMILES string of the molecule is Cc1ccc(C(F)(F)CNC(=O)c2cc(Cl)ncc2Sc2ccc(Cl)cc2)c(C)c1. The van der Waals surface area contributed by atoms with E-state index >= 15 is 0 Å². The van der Waals surface area contributed by atoms with Crippen molar-refractivity contribution in [1.82, 2.24) is 10.3 Å². The topological polar surface area (TPSA) is 42.0 Å². The Morgan fingerprint density at radius 2 is 1.80 bits per heavy atom. The van der Waals surface area contributed by atoms with Crippen LogP contribution in [0.2, 0.25) is 10.2 Å². The molecule has 0 fully saturated rings. The van der Waals surface area contributed by atoms with E-state index in [-0.39, 0.29) is 16.3 Å². The monoisotopic (exact) mass is 466 g/mol. The van der Waals surface area contributed by atoms with Crippen LogP contribution in [0, 0.1) is 13.8 Å². The smallest absolute Gasteiger partial charge is 0.290 e. The van der Waals surface area contributed by atoms with E-state index in [1.807, 2.05) is 6.92 Å². The molecular weight excluding hydrogens is 449 g/mol. The van der Waals surface area contributed by atoms with E-state index in [2.05, 4.69) is 10.3 Å². The third-order valence-corrected chi connectivity index (χ3v) is 5.88. The standard InChI is InChI=1S/C22H18Cl2F2N2OS/c1-13-3-8-18(14(2)9-13)22(25,26)12-28-21(29)17-10-20(24)27-11-19(17)30-16-6-4-15(23)5-7-16/h3-11H,12H2,1-2H3,(H,28,29). The van der Waals surface area contributed by atoms with Crippen LogP contribution in [0.1, 0.15) is 27.0 Å². The minimum absolute atomic E-state index is 0.0988. The molecule has 3 nitrogen and oxygen atoms in total. The summed E-state index contributed by atoms with van der Waals surface area (Å²) in [5.41, 5.74) is 1.43. The van der Waals surface area contributed by atoms with Crippen molar-refractivity contribution in [1.29, 1.82) is 0 Å². The van der Waals surface area contributed by atoms with E-state index in [1.165, 1.54) is 30.1 Å². The highest BCUT2D eigenvalue weighted by molar-refractivity contribution is 7.99. The quantitative estimate of drug-likeness (QED) is 0.412. The molecule has 1 amide bonds. The van der Waals surface area contributed by atoms with Crippen molar-refractivity contribution in [2.45, 2.75) is 29.6 Å². The second kappa shape index (κ2) is 9.33. The molecule has 0 aliphatic heterocycles. The van der Waals surface area contributed by atoms with Gasteiger partial charge in [0.25, 0.3) is 11.8 Å². The summed E-state index contributed by atoms with van der Waals surface area (Å²) in [6.45, 7) is 2.63. The second-order valence-electron chi connectivity index (χ2n) is 6.76. The Kier molecular flexibility index (Phi) is 7.01. The average Bonchev–Trinajstić information content (AvgIpc) is 2.69. The zero-order valence-electron chi connectivity index (χ0n) is 16.2. The molecule has 8 heteroatoms. The van der Waals surface area contributed by atoms with Crippen molar-refractivity contribution in [2.24, 2.45) is 0 Å². The van der Waals surface area contributed by atoms with E-state index in [9.17, 15) is 13.6 Å². The first-order valence-electron chi connectivity index (χ1n) is 8.98. The molecule has 0 spiro atoms. The normalized spacial score (nSPS) is 11.4. The lowest BCUT2D eigenvalue weighted by Gasteiger charge is -2.20. The van der Waals surface area contributed by atoms with E-state index < -0.39 is 18.4 Å². The van der Waals surface area contributed by atoms with Gasteiger partial charge in [0, 0.05) is 26.6 Å². The maximum Gasteiger partial charge on any atom is 0.290 e. The molecule has 0 aliphatic carbocycles. The zero-order chi connectivity index (χ0) is 21.9. The van der Waals surface area contributed by atoms with Gasteiger partial charge in [-0.15, -0.1) is 0 Å². The fourth-order valence-corrected chi connectivity index (χ4v) is 4.09. The molecule has 0 saturated carbocycles. The van der Waals surface area contributed by atoms with Crippen LogP contribution in [-0.4, -0.2) is 17.4 Å². The van der Waals surface area contributed by atoms with Crippen LogP contribution >= 0.6 is 35.0 Å². The van der Waals surface area contributed by atoms with Crippen molar-refractivity contribution >= 4 is 40.9 Å². The minimum Gasteiger partial charge on any atom is -0.346 e. The summed E-state index contributed by atoms with van der Waals surface area (Å²) in [6.07, 6.45) is 1.44. The van der Waals surface area contributed by atoms with Gasteiger partial charge in [-0.3, -0.25) is 4.79 Å². The fraction of sp³-hybridized carbons (Fsp3) is 0.182. The van der Waals surface area contributed by atoms with Crippen LogP contribution < -0.4 is 5.32 Å². The van der Waals surface area contributed by atoms with Gasteiger partial charge in [0.15, 0.2) is 0 Å². The number of hydrogen-bond acceptors (Lipinski definition) is 3. The molecule has 1 heterocycles. The highest BCUT2D eigenvalue weighted by Crippen LogP contribution is 2.33. The summed E-state index contributed by atoms with van der Waals surface area (Å²) >= 11 is 13.1. The van der Waals surface area contributed by atoms with Gasteiger partial charge in [0.2, 0.25) is 0 Å². The molecule has 0 radical (unpaired) electrons. The Morgan fingerprint density at radius 3 is 2.47 bits per heavy atom. The number of aromatic nitrogens is 1. The van der Waals surface area contributed by atoms with Gasteiger partial charge in [-0.25, -0.2) is 4.98 Å². The van der Waals surface area contributed by atoms with Crippen LogP contribution in [0.25, 0.3) is 0 Å². The molecule has 2 aromatic carbocycles. The Balaban J connectivity index is 1.79. The summed E-state index contributed by atoms with van der Waals surface area (Å²) in [6, 6.07) is 13.1. The van der Waals surface area contributed by atoms with Crippen LogP contribution in [0.4, 0.5) is 8.78 Å². The third kappa shape index (κ3) is 5.50. The zero-order valence-corrected chi connectivity index (χ0v) is 18.5. The predicted octanol–water partition coefficient (Wildman–Crippen LogP) is 6.68. The number of halogens is 4. The van der Waals surface area contributed by atoms with Crippen LogP contribution in [0.15, 0.2) is 64.5 Å². The summed E-state index contributed by atoms with van der Waals surface area (Å²) in [5.74, 6) is -3.87. The van der Waals surface area contributed by atoms with Crippen LogP contribution in [0.3, 0.4) is 0 Å². The van der Waals surface area contributed by atoms with Crippen LogP contribution in [0.5, 0.6) is 0 Å². The first-order valence-corrected chi connectivity index (χ1v) is 10.6. The summed E-state index contributed by atoms with van der Waals surface area (Å²) in [5, 5.41) is 3.01. The Hall–Kier alpha value is -2.15. The molecule has 0 atom stereocenters. The van der Waals surface area contributed by atoms with Gasteiger partial charge >= 0.3 is 0 Å². The van der Waals surface area contributed by atoms with Gasteiger partial charge < -0.3 is 5.32 Å². The van der Waals surface area contributed by atoms with Gasteiger partial charge in [-0.05, 0) is 49.7 Å². The lowest BCUT2D eigenvalue weighted by atomic mass is 10.00. The van der Waals surface area contributed by atoms with E-state index in [4.69, 9.17) is 23.2 Å². The van der Waals surface area contributed by atoms with Crippen molar-refractivity contribution in [3.05, 3.63) is 87.2 Å². The first kappa shape index (κ1) is 22.5. The number of nitrogens with zero attached hydrogens (tertiary/aromatic N) is 1. The molecule has 1 N–H and O–H groups in total. The summed E-state index contributed by atoms with van der Waals surface area (Å²) < 4.78 is 29.4. The molecule has 1 aromatic heterocycles. The molecule has 3 aromatic rings. The lowest BCUT2D eigenvalue weighted by molar-refractivity contribution is -0.00310. The van der Waals surface area contributed by atoms with Gasteiger partial charge in [-0.1, -0.05) is 58.7 Å². The number of carbonyl (C=O) groups excluding carboxylic acids is 1.